The first-order chi connectivity index (χ1) is 8.07. The number of carbonyl (C=O) groups excluding carboxylic acids is 1. The van der Waals surface area contributed by atoms with E-state index in [0.29, 0.717) is 6.42 Å². The van der Waals surface area contributed by atoms with Crippen LogP contribution in [0.2, 0.25) is 0 Å². The van der Waals surface area contributed by atoms with Crippen molar-refractivity contribution in [1.29, 1.82) is 0 Å². The molecule has 2 saturated carbocycles. The van der Waals surface area contributed by atoms with Crippen molar-refractivity contribution in [2.75, 3.05) is 6.61 Å². The Labute approximate surface area is 101 Å². The topological polar surface area (TPSA) is 26.3 Å². The molecule has 1 atom stereocenters. The molecular weight excluding hydrogens is 226 g/mol. The number of alkyl halides is 2. The van der Waals surface area contributed by atoms with E-state index in [1.807, 2.05) is 0 Å². The van der Waals surface area contributed by atoms with Crippen molar-refractivity contribution >= 4 is 5.97 Å². The second-order valence-corrected chi connectivity index (χ2v) is 5.43. The molecule has 2 aliphatic rings. The normalized spacial score (nSPS) is 29.2. The van der Waals surface area contributed by atoms with Crippen LogP contribution in [0.15, 0.2) is 0 Å². The van der Waals surface area contributed by atoms with Crippen molar-refractivity contribution in [2.24, 2.45) is 11.8 Å². The molecule has 0 saturated heterocycles. The molecule has 0 heterocycles. The van der Waals surface area contributed by atoms with Crippen LogP contribution >= 0.6 is 0 Å². The lowest BCUT2D eigenvalue weighted by atomic mass is 9.87. The Morgan fingerprint density at radius 1 is 1.18 bits per heavy atom. The monoisotopic (exact) mass is 246 g/mol. The Morgan fingerprint density at radius 2 is 1.88 bits per heavy atom. The quantitative estimate of drug-likeness (QED) is 0.712. The summed E-state index contributed by atoms with van der Waals surface area (Å²) in [4.78, 5) is 11.6. The van der Waals surface area contributed by atoms with Crippen LogP contribution in [0.1, 0.15) is 51.4 Å². The van der Waals surface area contributed by atoms with E-state index in [1.54, 1.807) is 0 Å². The third-order valence-electron chi connectivity index (χ3n) is 3.89. The van der Waals surface area contributed by atoms with Gasteiger partial charge in [-0.1, -0.05) is 12.8 Å². The van der Waals surface area contributed by atoms with Gasteiger partial charge >= 0.3 is 5.97 Å². The number of carbonyl (C=O) groups is 1. The molecule has 2 fully saturated rings. The van der Waals surface area contributed by atoms with Gasteiger partial charge in [0.25, 0.3) is 0 Å². The molecule has 0 N–H and O–H groups in total. The smallest absolute Gasteiger partial charge is 0.308 e. The minimum absolute atomic E-state index is 0.0138. The zero-order chi connectivity index (χ0) is 12.3. The summed E-state index contributed by atoms with van der Waals surface area (Å²) >= 11 is 0. The first kappa shape index (κ1) is 12.8. The van der Waals surface area contributed by atoms with Crippen LogP contribution in [0.3, 0.4) is 0 Å². The van der Waals surface area contributed by atoms with Crippen LogP contribution in [-0.2, 0) is 9.53 Å². The van der Waals surface area contributed by atoms with Crippen LogP contribution in [0, 0.1) is 11.8 Å². The highest BCUT2D eigenvalue weighted by molar-refractivity contribution is 5.72. The van der Waals surface area contributed by atoms with Gasteiger partial charge in [-0.3, -0.25) is 4.79 Å². The van der Waals surface area contributed by atoms with Gasteiger partial charge in [-0.25, -0.2) is 8.78 Å². The predicted octanol–water partition coefficient (Wildman–Crippen LogP) is 3.55. The number of ether oxygens (including phenoxy) is 1. The first-order valence-corrected chi connectivity index (χ1v) is 6.61. The van der Waals surface area contributed by atoms with Gasteiger partial charge < -0.3 is 4.74 Å². The molecule has 0 spiro atoms. The van der Waals surface area contributed by atoms with Crippen molar-refractivity contribution < 1.29 is 18.3 Å². The molecule has 17 heavy (non-hydrogen) atoms. The number of esters is 1. The maximum Gasteiger partial charge on any atom is 0.308 e. The van der Waals surface area contributed by atoms with Crippen LogP contribution in [0.25, 0.3) is 0 Å². The maximum atomic E-state index is 13.1. The Kier molecular flexibility index (Phi) is 4.00. The van der Waals surface area contributed by atoms with E-state index < -0.39 is 5.92 Å². The zero-order valence-corrected chi connectivity index (χ0v) is 10.1. The van der Waals surface area contributed by atoms with Crippen molar-refractivity contribution in [1.82, 2.24) is 0 Å². The standard InChI is InChI=1S/C13H20F2O2/c14-13(15)7-3-4-10(8-13)9-17-12(16)11-5-1-2-6-11/h10-11H,1-9H2. The summed E-state index contributed by atoms with van der Waals surface area (Å²) in [6.07, 6.45) is 5.14. The summed E-state index contributed by atoms with van der Waals surface area (Å²) in [5, 5.41) is 0. The van der Waals surface area contributed by atoms with Crippen molar-refractivity contribution in [2.45, 2.75) is 57.3 Å². The fourth-order valence-corrected chi connectivity index (χ4v) is 2.90. The lowest BCUT2D eigenvalue weighted by Crippen LogP contribution is -2.29. The highest BCUT2D eigenvalue weighted by atomic mass is 19.3. The molecule has 2 aliphatic carbocycles. The average molecular weight is 246 g/mol. The summed E-state index contributed by atoms with van der Waals surface area (Å²) in [6, 6.07) is 0. The van der Waals surface area contributed by atoms with Gasteiger partial charge in [-0.05, 0) is 31.6 Å². The largest absolute Gasteiger partial charge is 0.465 e. The number of rotatable bonds is 3. The molecule has 0 amide bonds. The van der Waals surface area contributed by atoms with E-state index in [2.05, 4.69) is 0 Å². The third-order valence-corrected chi connectivity index (χ3v) is 3.89. The Balaban J connectivity index is 1.72. The van der Waals surface area contributed by atoms with Gasteiger partial charge in [-0.2, -0.15) is 0 Å². The molecule has 0 aromatic heterocycles. The van der Waals surface area contributed by atoms with Crippen LogP contribution in [0.5, 0.6) is 0 Å². The van der Waals surface area contributed by atoms with Crippen LogP contribution < -0.4 is 0 Å². The van der Waals surface area contributed by atoms with Crippen LogP contribution in [-0.4, -0.2) is 18.5 Å². The van der Waals surface area contributed by atoms with Crippen molar-refractivity contribution in [3.05, 3.63) is 0 Å². The van der Waals surface area contributed by atoms with Gasteiger partial charge in [0.2, 0.25) is 5.92 Å². The second-order valence-electron chi connectivity index (χ2n) is 5.43. The van der Waals surface area contributed by atoms with E-state index >= 15 is 0 Å². The first-order valence-electron chi connectivity index (χ1n) is 6.61. The molecule has 1 unspecified atom stereocenters. The highest BCUT2D eigenvalue weighted by Crippen LogP contribution is 2.37. The summed E-state index contributed by atoms with van der Waals surface area (Å²) in [5.41, 5.74) is 0. The summed E-state index contributed by atoms with van der Waals surface area (Å²) < 4.78 is 31.5. The summed E-state index contributed by atoms with van der Waals surface area (Å²) in [7, 11) is 0. The Bertz CT molecular complexity index is 273. The SMILES string of the molecule is O=C(OCC1CCCC(F)(F)C1)C1CCCC1. The van der Waals surface area contributed by atoms with E-state index in [1.165, 1.54) is 0 Å². The number of halogens is 2. The molecule has 0 aromatic rings. The number of hydrogen-bond acceptors (Lipinski definition) is 2. The molecule has 4 heteroatoms. The van der Waals surface area contributed by atoms with Gasteiger partial charge in [0.15, 0.2) is 0 Å². The molecule has 0 bridgehead atoms. The molecule has 0 radical (unpaired) electrons. The van der Waals surface area contributed by atoms with E-state index in [9.17, 15) is 13.6 Å². The van der Waals surface area contributed by atoms with Gasteiger partial charge in [0, 0.05) is 12.8 Å². The second kappa shape index (κ2) is 5.32. The average Bonchev–Trinajstić information content (AvgIpc) is 2.78. The Hall–Kier alpha value is -0.670. The summed E-state index contributed by atoms with van der Waals surface area (Å²) in [5.74, 6) is -2.84. The zero-order valence-electron chi connectivity index (χ0n) is 10.1. The third kappa shape index (κ3) is 3.65. The van der Waals surface area contributed by atoms with Crippen LogP contribution in [0.4, 0.5) is 8.78 Å². The number of hydrogen-bond donors (Lipinski definition) is 0. The fourth-order valence-electron chi connectivity index (χ4n) is 2.90. The molecule has 0 aliphatic heterocycles. The lowest BCUT2D eigenvalue weighted by molar-refractivity contribution is -0.152. The maximum absolute atomic E-state index is 13.1. The van der Waals surface area contributed by atoms with Gasteiger partial charge in [0.05, 0.1) is 12.5 Å². The van der Waals surface area contributed by atoms with E-state index in [-0.39, 0.29) is 37.3 Å². The lowest BCUT2D eigenvalue weighted by Gasteiger charge is -2.28. The molecule has 0 aromatic carbocycles. The fraction of sp³-hybridized carbons (Fsp3) is 0.923. The van der Waals surface area contributed by atoms with Gasteiger partial charge in [0.1, 0.15) is 0 Å². The minimum atomic E-state index is -2.55. The molecule has 2 nitrogen and oxygen atoms in total. The molecular formula is C13H20F2O2. The minimum Gasteiger partial charge on any atom is -0.465 e. The summed E-state index contributed by atoms with van der Waals surface area (Å²) in [6.45, 7) is 0.185. The molecule has 2 rings (SSSR count). The highest BCUT2D eigenvalue weighted by Gasteiger charge is 2.37. The van der Waals surface area contributed by atoms with E-state index in [4.69, 9.17) is 4.74 Å². The van der Waals surface area contributed by atoms with Crippen molar-refractivity contribution in [3.63, 3.8) is 0 Å². The predicted molar refractivity (Wildman–Crippen MR) is 59.8 cm³/mol. The van der Waals surface area contributed by atoms with Crippen molar-refractivity contribution in [3.8, 4) is 0 Å². The van der Waals surface area contributed by atoms with E-state index in [0.717, 1.165) is 32.1 Å². The Morgan fingerprint density at radius 3 is 2.53 bits per heavy atom. The van der Waals surface area contributed by atoms with Gasteiger partial charge in [-0.15, -0.1) is 0 Å². The molecule has 98 valence electrons.